The summed E-state index contributed by atoms with van der Waals surface area (Å²) in [7, 11) is 1.63. The number of ether oxygens (including phenoxy) is 1. The number of benzene rings is 2. The maximum Gasteiger partial charge on any atom is 0.267 e. The lowest BCUT2D eigenvalue weighted by Gasteiger charge is -2.27. The summed E-state index contributed by atoms with van der Waals surface area (Å²) in [6.45, 7) is 1.53. The van der Waals surface area contributed by atoms with E-state index in [1.807, 2.05) is 36.4 Å². The monoisotopic (exact) mass is 382 g/mol. The molecule has 2 aromatic rings. The van der Waals surface area contributed by atoms with Gasteiger partial charge in [-0.2, -0.15) is 0 Å². The van der Waals surface area contributed by atoms with Crippen molar-refractivity contribution in [1.82, 2.24) is 10.4 Å². The molecule has 2 atom stereocenters. The summed E-state index contributed by atoms with van der Waals surface area (Å²) in [4.78, 5) is 13.4. The first-order valence-corrected chi connectivity index (χ1v) is 9.39. The van der Waals surface area contributed by atoms with Gasteiger partial charge in [0.15, 0.2) is 0 Å². The summed E-state index contributed by atoms with van der Waals surface area (Å²) in [5.41, 5.74) is 4.54. The number of aliphatic hydroxyl groups is 1. The molecule has 0 aromatic heterocycles. The molecule has 0 radical (unpaired) electrons. The number of hydroxylamine groups is 1. The zero-order valence-electron chi connectivity index (χ0n) is 15.9. The van der Waals surface area contributed by atoms with E-state index >= 15 is 0 Å². The van der Waals surface area contributed by atoms with Gasteiger partial charge in [0.1, 0.15) is 5.75 Å². The van der Waals surface area contributed by atoms with Crippen LogP contribution < -0.4 is 10.2 Å². The molecule has 1 unspecified atom stereocenters. The molecular weight excluding hydrogens is 356 g/mol. The molecule has 1 fully saturated rings. The third kappa shape index (κ3) is 4.98. The van der Waals surface area contributed by atoms with Crippen LogP contribution in [-0.2, 0) is 4.79 Å². The highest BCUT2D eigenvalue weighted by Gasteiger charge is 2.27. The number of hydrogen-bond acceptors (Lipinski definition) is 5. The number of likely N-dealkylation sites (tertiary alicyclic amines) is 1. The second-order valence-corrected chi connectivity index (χ2v) is 6.92. The number of amides is 1. The third-order valence-electron chi connectivity index (χ3n) is 5.13. The molecule has 1 heterocycles. The van der Waals surface area contributed by atoms with E-state index in [0.717, 1.165) is 36.3 Å². The van der Waals surface area contributed by atoms with Crippen LogP contribution in [0.3, 0.4) is 0 Å². The molecule has 3 N–H and O–H groups in total. The molecule has 3 rings (SSSR count). The summed E-state index contributed by atoms with van der Waals surface area (Å²) in [5, 5.41) is 19.2. The number of nitrogens with one attached hydrogen (secondary N) is 1. The van der Waals surface area contributed by atoms with E-state index in [-0.39, 0.29) is 6.04 Å². The van der Waals surface area contributed by atoms with Gasteiger partial charge >= 0.3 is 0 Å². The lowest BCUT2D eigenvalue weighted by Crippen LogP contribution is -2.28. The number of carbonyl (C=O) groups is 1. The van der Waals surface area contributed by atoms with E-state index in [1.54, 1.807) is 18.7 Å². The topological polar surface area (TPSA) is 82.0 Å². The number of carbonyl (C=O) groups excluding carboxylic acids is 1. The van der Waals surface area contributed by atoms with Crippen LogP contribution in [0.5, 0.6) is 5.75 Å². The van der Waals surface area contributed by atoms with Gasteiger partial charge in [-0.3, -0.25) is 14.9 Å². The second kappa shape index (κ2) is 9.50. The zero-order valence-corrected chi connectivity index (χ0v) is 15.9. The van der Waals surface area contributed by atoms with E-state index in [0.29, 0.717) is 6.54 Å². The van der Waals surface area contributed by atoms with Crippen molar-refractivity contribution in [2.45, 2.75) is 25.0 Å². The lowest BCUT2D eigenvalue weighted by molar-refractivity contribution is -0.124. The molecule has 1 amide bonds. The van der Waals surface area contributed by atoms with Crippen molar-refractivity contribution in [3.05, 3.63) is 71.3 Å². The summed E-state index contributed by atoms with van der Waals surface area (Å²) < 4.78 is 5.17. The fourth-order valence-corrected chi connectivity index (χ4v) is 3.61. The fraction of sp³-hybridized carbons (Fsp3) is 0.318. The van der Waals surface area contributed by atoms with Gasteiger partial charge in [-0.1, -0.05) is 36.4 Å². The first-order chi connectivity index (χ1) is 13.6. The minimum absolute atomic E-state index is 0.270. The van der Waals surface area contributed by atoms with Crippen LogP contribution >= 0.6 is 0 Å². The Morgan fingerprint density at radius 3 is 2.61 bits per heavy atom. The minimum atomic E-state index is -0.557. The number of methoxy groups -OCH3 is 1. The molecule has 1 aliphatic heterocycles. The van der Waals surface area contributed by atoms with Crippen LogP contribution in [0.15, 0.2) is 54.6 Å². The van der Waals surface area contributed by atoms with Crippen LogP contribution in [0.2, 0.25) is 0 Å². The number of aliphatic hydroxyl groups excluding tert-OH is 1. The Kier molecular flexibility index (Phi) is 6.81. The van der Waals surface area contributed by atoms with Gasteiger partial charge in [0, 0.05) is 18.7 Å². The SMILES string of the molecule is COc1ccc(C(O)CN2CCC[C@H]2c2ccc(/C=C/C(=O)NO)cc2)cc1. The first kappa shape index (κ1) is 20.1. The Balaban J connectivity index is 1.65. The Labute approximate surface area is 165 Å². The van der Waals surface area contributed by atoms with Gasteiger partial charge in [-0.25, -0.2) is 5.48 Å². The molecule has 0 spiro atoms. The maximum atomic E-state index is 11.1. The van der Waals surface area contributed by atoms with Crippen molar-refractivity contribution in [1.29, 1.82) is 0 Å². The molecule has 6 nitrogen and oxygen atoms in total. The van der Waals surface area contributed by atoms with Gasteiger partial charge in [-0.05, 0) is 54.3 Å². The molecule has 0 saturated carbocycles. The molecule has 148 valence electrons. The van der Waals surface area contributed by atoms with Gasteiger partial charge in [0.25, 0.3) is 5.91 Å². The predicted octanol–water partition coefficient (Wildman–Crippen LogP) is 3.08. The summed E-state index contributed by atoms with van der Waals surface area (Å²) >= 11 is 0. The van der Waals surface area contributed by atoms with Crippen molar-refractivity contribution in [3.63, 3.8) is 0 Å². The maximum absolute atomic E-state index is 11.1. The summed E-state index contributed by atoms with van der Waals surface area (Å²) in [6.07, 6.45) is 4.53. The molecule has 28 heavy (non-hydrogen) atoms. The van der Waals surface area contributed by atoms with Crippen molar-refractivity contribution in [3.8, 4) is 5.75 Å². The minimum Gasteiger partial charge on any atom is -0.497 e. The van der Waals surface area contributed by atoms with Crippen molar-refractivity contribution in [2.75, 3.05) is 20.2 Å². The number of β-amino-alcohol motifs (C(OH)–C–C–N with tert-alkyl or cyclic N) is 1. The average Bonchev–Trinajstić information content (AvgIpc) is 3.20. The van der Waals surface area contributed by atoms with E-state index in [9.17, 15) is 9.90 Å². The normalized spacial score (nSPS) is 18.3. The van der Waals surface area contributed by atoms with Crippen molar-refractivity contribution in [2.24, 2.45) is 0 Å². The predicted molar refractivity (Wildman–Crippen MR) is 107 cm³/mol. The first-order valence-electron chi connectivity index (χ1n) is 9.39. The highest BCUT2D eigenvalue weighted by Crippen LogP contribution is 2.33. The number of nitrogens with zero attached hydrogens (tertiary/aromatic N) is 1. The van der Waals surface area contributed by atoms with Crippen LogP contribution in [0.25, 0.3) is 6.08 Å². The smallest absolute Gasteiger partial charge is 0.267 e. The molecule has 2 aromatic carbocycles. The Bertz CT molecular complexity index is 802. The zero-order chi connectivity index (χ0) is 19.9. The molecule has 0 aliphatic carbocycles. The van der Waals surface area contributed by atoms with E-state index in [2.05, 4.69) is 17.0 Å². The van der Waals surface area contributed by atoms with E-state index in [4.69, 9.17) is 9.94 Å². The van der Waals surface area contributed by atoms with Gasteiger partial charge < -0.3 is 9.84 Å². The number of rotatable bonds is 7. The lowest BCUT2D eigenvalue weighted by atomic mass is 10.0. The van der Waals surface area contributed by atoms with Crippen molar-refractivity contribution >= 4 is 12.0 Å². The molecule has 6 heteroatoms. The highest BCUT2D eigenvalue weighted by atomic mass is 16.5. The average molecular weight is 382 g/mol. The summed E-state index contributed by atoms with van der Waals surface area (Å²) in [6, 6.07) is 15.8. The fourth-order valence-electron chi connectivity index (χ4n) is 3.61. The second-order valence-electron chi connectivity index (χ2n) is 6.92. The Morgan fingerprint density at radius 2 is 1.96 bits per heavy atom. The van der Waals surface area contributed by atoms with Gasteiger partial charge in [0.2, 0.25) is 0 Å². The quantitative estimate of drug-likeness (QED) is 0.389. The van der Waals surface area contributed by atoms with Crippen LogP contribution in [0.4, 0.5) is 0 Å². The van der Waals surface area contributed by atoms with Crippen LogP contribution in [0, 0.1) is 0 Å². The summed E-state index contributed by atoms with van der Waals surface area (Å²) in [5.74, 6) is 0.221. The molecular formula is C22H26N2O4. The molecule has 1 aliphatic rings. The highest BCUT2D eigenvalue weighted by molar-refractivity contribution is 5.90. The third-order valence-corrected chi connectivity index (χ3v) is 5.13. The Hall–Kier alpha value is -2.67. The van der Waals surface area contributed by atoms with Crippen molar-refractivity contribution < 1.29 is 19.8 Å². The molecule has 0 bridgehead atoms. The van der Waals surface area contributed by atoms with Gasteiger partial charge in [-0.15, -0.1) is 0 Å². The van der Waals surface area contributed by atoms with E-state index in [1.165, 1.54) is 11.6 Å². The van der Waals surface area contributed by atoms with Crippen LogP contribution in [0.1, 0.15) is 41.7 Å². The molecule has 1 saturated heterocycles. The Morgan fingerprint density at radius 1 is 1.25 bits per heavy atom. The number of hydrogen-bond donors (Lipinski definition) is 3. The van der Waals surface area contributed by atoms with E-state index < -0.39 is 12.0 Å². The van der Waals surface area contributed by atoms with Gasteiger partial charge in [0.05, 0.1) is 13.2 Å². The standard InChI is InChI=1S/C22H26N2O4/c1-28-19-11-9-18(10-12-19)21(25)15-24-14-2-3-20(24)17-7-4-16(5-8-17)6-13-22(26)23-27/h4-13,20-21,25,27H,2-3,14-15H2,1H3,(H,23,26)/b13-6+/t20-,21?/m0/s1. The largest absolute Gasteiger partial charge is 0.497 e. The van der Waals surface area contributed by atoms with Crippen LogP contribution in [-0.4, -0.2) is 41.3 Å².